The molecular weight excluding hydrogens is 239 g/mol. The van der Waals surface area contributed by atoms with Gasteiger partial charge in [-0.15, -0.1) is 0 Å². The molecule has 1 amide bonds. The first-order valence-electron chi connectivity index (χ1n) is 4.60. The Hall–Kier alpha value is -1.76. The summed E-state index contributed by atoms with van der Waals surface area (Å²) in [4.78, 5) is 11.1. The number of nitrogens with one attached hydrogen (secondary N) is 1. The number of phenolic OH excluding ortho intramolecular Hbond substituents is 1. The maximum absolute atomic E-state index is 11.7. The maximum atomic E-state index is 11.7. The fourth-order valence-electron chi connectivity index (χ4n) is 1.00. The molecule has 1 aromatic rings. The van der Waals surface area contributed by atoms with E-state index < -0.39 is 25.3 Å². The number of benzene rings is 1. The molecule has 0 saturated heterocycles. The molecule has 17 heavy (non-hydrogen) atoms. The van der Waals surface area contributed by atoms with E-state index in [4.69, 9.17) is 5.11 Å². The van der Waals surface area contributed by atoms with Gasteiger partial charge in [-0.25, -0.2) is 0 Å². The van der Waals surface area contributed by atoms with Crippen LogP contribution in [0.2, 0.25) is 0 Å². The van der Waals surface area contributed by atoms with Gasteiger partial charge in [-0.05, 0) is 24.3 Å². The van der Waals surface area contributed by atoms with Crippen LogP contribution in [0.4, 0.5) is 18.9 Å². The highest BCUT2D eigenvalue weighted by atomic mass is 19.4. The van der Waals surface area contributed by atoms with Crippen molar-refractivity contribution in [2.45, 2.75) is 6.18 Å². The molecule has 1 aromatic carbocycles. The van der Waals surface area contributed by atoms with E-state index in [1.165, 1.54) is 24.3 Å². The minimum Gasteiger partial charge on any atom is -0.508 e. The van der Waals surface area contributed by atoms with E-state index in [1.807, 2.05) is 0 Å². The number of carbonyl (C=O) groups is 1. The van der Waals surface area contributed by atoms with Crippen LogP contribution in [0, 0.1) is 0 Å². The zero-order valence-electron chi connectivity index (χ0n) is 8.62. The lowest BCUT2D eigenvalue weighted by Gasteiger charge is -2.08. The van der Waals surface area contributed by atoms with Crippen LogP contribution in [0.1, 0.15) is 0 Å². The van der Waals surface area contributed by atoms with E-state index in [0.29, 0.717) is 5.69 Å². The zero-order chi connectivity index (χ0) is 12.9. The number of phenols is 1. The average molecular weight is 249 g/mol. The molecule has 0 heterocycles. The van der Waals surface area contributed by atoms with E-state index in [2.05, 4.69) is 10.1 Å². The van der Waals surface area contributed by atoms with E-state index in [-0.39, 0.29) is 5.75 Å². The van der Waals surface area contributed by atoms with Crippen molar-refractivity contribution in [2.24, 2.45) is 0 Å². The number of ether oxygens (including phenoxy) is 1. The molecule has 0 atom stereocenters. The van der Waals surface area contributed by atoms with Gasteiger partial charge in [0.15, 0.2) is 0 Å². The molecule has 0 bridgehead atoms. The lowest BCUT2D eigenvalue weighted by Crippen LogP contribution is -2.23. The third-order valence-corrected chi connectivity index (χ3v) is 1.65. The number of hydrogen-bond donors (Lipinski definition) is 2. The second-order valence-corrected chi connectivity index (χ2v) is 3.20. The molecule has 2 N–H and O–H groups in total. The topological polar surface area (TPSA) is 58.6 Å². The molecule has 94 valence electrons. The Bertz CT molecular complexity index is 375. The summed E-state index contributed by atoms with van der Waals surface area (Å²) in [5.74, 6) is -0.670. The van der Waals surface area contributed by atoms with Crippen LogP contribution < -0.4 is 5.32 Å². The van der Waals surface area contributed by atoms with Gasteiger partial charge in [0.2, 0.25) is 5.91 Å². The van der Waals surface area contributed by atoms with Crippen molar-refractivity contribution < 1.29 is 27.8 Å². The molecule has 0 saturated carbocycles. The summed E-state index contributed by atoms with van der Waals surface area (Å²) >= 11 is 0. The SMILES string of the molecule is O=C(COCC(F)(F)F)Nc1ccc(O)cc1. The molecule has 0 aliphatic rings. The highest BCUT2D eigenvalue weighted by Gasteiger charge is 2.27. The lowest BCUT2D eigenvalue weighted by molar-refractivity contribution is -0.174. The van der Waals surface area contributed by atoms with E-state index in [0.717, 1.165) is 0 Å². The standard InChI is InChI=1S/C10H10F3NO3/c11-10(12,13)6-17-5-9(16)14-7-1-3-8(15)4-2-7/h1-4,15H,5-6H2,(H,14,16). The smallest absolute Gasteiger partial charge is 0.411 e. The van der Waals surface area contributed by atoms with Crippen molar-refractivity contribution in [3.05, 3.63) is 24.3 Å². The van der Waals surface area contributed by atoms with Crippen molar-refractivity contribution in [1.29, 1.82) is 0 Å². The molecular formula is C10H10F3NO3. The van der Waals surface area contributed by atoms with Gasteiger partial charge in [0.25, 0.3) is 0 Å². The molecule has 7 heteroatoms. The van der Waals surface area contributed by atoms with Crippen LogP contribution in [-0.4, -0.2) is 30.4 Å². The predicted octanol–water partition coefficient (Wildman–Crippen LogP) is 1.91. The highest BCUT2D eigenvalue weighted by molar-refractivity contribution is 5.91. The summed E-state index contributed by atoms with van der Waals surface area (Å²) in [5.41, 5.74) is 0.364. The average Bonchev–Trinajstić information content (AvgIpc) is 2.19. The number of carbonyl (C=O) groups excluding carboxylic acids is 1. The van der Waals surface area contributed by atoms with E-state index in [1.54, 1.807) is 0 Å². The largest absolute Gasteiger partial charge is 0.508 e. The first-order chi connectivity index (χ1) is 7.87. The number of hydrogen-bond acceptors (Lipinski definition) is 3. The van der Waals surface area contributed by atoms with Crippen molar-refractivity contribution in [1.82, 2.24) is 0 Å². The fourth-order valence-corrected chi connectivity index (χ4v) is 1.00. The number of alkyl halides is 3. The Balaban J connectivity index is 2.32. The van der Waals surface area contributed by atoms with Crippen molar-refractivity contribution in [3.8, 4) is 5.75 Å². The second kappa shape index (κ2) is 5.53. The second-order valence-electron chi connectivity index (χ2n) is 3.20. The minimum absolute atomic E-state index is 0.0244. The minimum atomic E-state index is -4.45. The highest BCUT2D eigenvalue weighted by Crippen LogP contribution is 2.15. The van der Waals surface area contributed by atoms with Gasteiger partial charge in [-0.2, -0.15) is 13.2 Å². The van der Waals surface area contributed by atoms with Crippen LogP contribution in [-0.2, 0) is 9.53 Å². The molecule has 0 radical (unpaired) electrons. The molecule has 0 aliphatic heterocycles. The van der Waals surface area contributed by atoms with Crippen LogP contribution in [0.3, 0.4) is 0 Å². The van der Waals surface area contributed by atoms with E-state index >= 15 is 0 Å². The van der Waals surface area contributed by atoms with Crippen molar-refractivity contribution >= 4 is 11.6 Å². The molecule has 0 fully saturated rings. The van der Waals surface area contributed by atoms with Gasteiger partial charge in [0.05, 0.1) is 0 Å². The Kier molecular flexibility index (Phi) is 4.33. The molecule has 0 aliphatic carbocycles. The summed E-state index contributed by atoms with van der Waals surface area (Å²) in [5, 5.41) is 11.3. The van der Waals surface area contributed by atoms with Crippen LogP contribution >= 0.6 is 0 Å². The predicted molar refractivity (Wildman–Crippen MR) is 53.6 cm³/mol. The monoisotopic (exact) mass is 249 g/mol. The first kappa shape index (κ1) is 13.3. The van der Waals surface area contributed by atoms with Crippen LogP contribution in [0.5, 0.6) is 5.75 Å². The van der Waals surface area contributed by atoms with Crippen LogP contribution in [0.25, 0.3) is 0 Å². The number of rotatable bonds is 4. The van der Waals surface area contributed by atoms with E-state index in [9.17, 15) is 18.0 Å². The van der Waals surface area contributed by atoms with Gasteiger partial charge in [0, 0.05) is 5.69 Å². The molecule has 0 unspecified atom stereocenters. The Morgan fingerprint density at radius 1 is 1.29 bits per heavy atom. The van der Waals surface area contributed by atoms with Gasteiger partial charge >= 0.3 is 6.18 Å². The van der Waals surface area contributed by atoms with Crippen molar-refractivity contribution in [3.63, 3.8) is 0 Å². The number of amides is 1. The quantitative estimate of drug-likeness (QED) is 0.801. The third-order valence-electron chi connectivity index (χ3n) is 1.65. The number of anilines is 1. The summed E-state index contributed by atoms with van der Waals surface area (Å²) in [6, 6.07) is 5.51. The van der Waals surface area contributed by atoms with Gasteiger partial charge in [-0.3, -0.25) is 4.79 Å². The summed E-state index contributed by atoms with van der Waals surface area (Å²) in [7, 11) is 0. The summed E-state index contributed by atoms with van der Waals surface area (Å²) in [6.07, 6.45) is -4.45. The number of aromatic hydroxyl groups is 1. The zero-order valence-corrected chi connectivity index (χ0v) is 8.62. The molecule has 0 aromatic heterocycles. The molecule has 0 spiro atoms. The fraction of sp³-hybridized carbons (Fsp3) is 0.300. The lowest BCUT2D eigenvalue weighted by atomic mass is 10.3. The Labute approximate surface area is 95.0 Å². The Morgan fingerprint density at radius 3 is 2.41 bits per heavy atom. The number of halogens is 3. The van der Waals surface area contributed by atoms with Crippen LogP contribution in [0.15, 0.2) is 24.3 Å². The Morgan fingerprint density at radius 2 is 1.88 bits per heavy atom. The summed E-state index contributed by atoms with van der Waals surface area (Å²) < 4.78 is 39.2. The maximum Gasteiger partial charge on any atom is 0.411 e. The van der Waals surface area contributed by atoms with Gasteiger partial charge in [-0.1, -0.05) is 0 Å². The van der Waals surface area contributed by atoms with Gasteiger partial charge < -0.3 is 15.2 Å². The van der Waals surface area contributed by atoms with Gasteiger partial charge in [0.1, 0.15) is 19.0 Å². The normalized spacial score (nSPS) is 11.2. The third kappa shape index (κ3) is 5.76. The van der Waals surface area contributed by atoms with Crippen molar-refractivity contribution in [2.75, 3.05) is 18.5 Å². The summed E-state index contributed by atoms with van der Waals surface area (Å²) in [6.45, 7) is -2.14. The molecule has 4 nitrogen and oxygen atoms in total. The first-order valence-corrected chi connectivity index (χ1v) is 4.60. The molecule has 1 rings (SSSR count).